The molecule has 0 spiro atoms. The Kier molecular flexibility index (Phi) is 5.56. The van der Waals surface area contributed by atoms with Crippen LogP contribution in [0.15, 0.2) is 71.5 Å². The lowest BCUT2D eigenvalue weighted by Gasteiger charge is -2.11. The maximum absolute atomic E-state index is 12.4. The van der Waals surface area contributed by atoms with Crippen molar-refractivity contribution in [2.45, 2.75) is 13.2 Å². The van der Waals surface area contributed by atoms with Gasteiger partial charge in [0.25, 0.3) is 5.56 Å². The van der Waals surface area contributed by atoms with Crippen LogP contribution >= 0.6 is 0 Å². The molecule has 1 aromatic heterocycles. The van der Waals surface area contributed by atoms with Crippen LogP contribution in [-0.2, 0) is 22.7 Å². The number of hydrogen-bond donors (Lipinski definition) is 1. The SMILES string of the molecule is COCc1ccccc1NC(=O)Cn1nc(-c2ccccc2)ccc1=O. The van der Waals surface area contributed by atoms with E-state index in [2.05, 4.69) is 10.4 Å². The van der Waals surface area contributed by atoms with Gasteiger partial charge in [-0.1, -0.05) is 48.5 Å². The molecule has 0 aliphatic carbocycles. The topological polar surface area (TPSA) is 73.2 Å². The van der Waals surface area contributed by atoms with Crippen molar-refractivity contribution in [1.29, 1.82) is 0 Å². The predicted molar refractivity (Wildman–Crippen MR) is 99.7 cm³/mol. The Morgan fingerprint density at radius 1 is 1.04 bits per heavy atom. The molecule has 26 heavy (non-hydrogen) atoms. The number of methoxy groups -OCH3 is 1. The van der Waals surface area contributed by atoms with E-state index in [0.717, 1.165) is 15.8 Å². The van der Waals surface area contributed by atoms with Gasteiger partial charge in [0, 0.05) is 30.0 Å². The molecule has 3 rings (SSSR count). The second-order valence-electron chi connectivity index (χ2n) is 5.72. The van der Waals surface area contributed by atoms with Crippen LogP contribution in [-0.4, -0.2) is 22.8 Å². The molecular weight excluding hydrogens is 330 g/mol. The van der Waals surface area contributed by atoms with E-state index in [1.54, 1.807) is 19.2 Å². The molecule has 1 heterocycles. The first-order chi connectivity index (χ1) is 12.7. The van der Waals surface area contributed by atoms with Gasteiger partial charge in [0.2, 0.25) is 5.91 Å². The van der Waals surface area contributed by atoms with Crippen molar-refractivity contribution in [2.75, 3.05) is 12.4 Å². The maximum Gasteiger partial charge on any atom is 0.267 e. The molecule has 0 fully saturated rings. The number of para-hydroxylation sites is 1. The zero-order valence-corrected chi connectivity index (χ0v) is 14.4. The number of aromatic nitrogens is 2. The van der Waals surface area contributed by atoms with Crippen molar-refractivity contribution in [3.05, 3.63) is 82.6 Å². The Hall–Kier alpha value is -3.25. The minimum Gasteiger partial charge on any atom is -0.380 e. The van der Waals surface area contributed by atoms with E-state index in [-0.39, 0.29) is 18.0 Å². The Labute approximate surface area is 151 Å². The number of nitrogens with one attached hydrogen (secondary N) is 1. The molecule has 0 radical (unpaired) electrons. The van der Waals surface area contributed by atoms with Crippen LogP contribution in [0, 0.1) is 0 Å². The second-order valence-corrected chi connectivity index (χ2v) is 5.72. The van der Waals surface area contributed by atoms with Gasteiger partial charge in [-0.05, 0) is 12.1 Å². The standard InChI is InChI=1S/C20H19N3O3/c1-26-14-16-9-5-6-10-17(16)21-19(24)13-23-20(25)12-11-18(22-23)15-7-3-2-4-8-15/h2-12H,13-14H2,1H3,(H,21,24). The minimum atomic E-state index is -0.329. The molecule has 0 aliphatic rings. The summed E-state index contributed by atoms with van der Waals surface area (Å²) in [5.74, 6) is -0.326. The first kappa shape index (κ1) is 17.6. The highest BCUT2D eigenvalue weighted by atomic mass is 16.5. The third-order valence-electron chi connectivity index (χ3n) is 3.82. The quantitative estimate of drug-likeness (QED) is 0.743. The van der Waals surface area contributed by atoms with E-state index in [1.807, 2.05) is 48.5 Å². The number of carbonyl (C=O) groups is 1. The summed E-state index contributed by atoms with van der Waals surface area (Å²) in [5.41, 5.74) is 2.71. The summed E-state index contributed by atoms with van der Waals surface area (Å²) in [6.45, 7) is 0.221. The fraction of sp³-hybridized carbons (Fsp3) is 0.150. The maximum atomic E-state index is 12.4. The molecule has 6 nitrogen and oxygen atoms in total. The van der Waals surface area contributed by atoms with Crippen LogP contribution in [0.4, 0.5) is 5.69 Å². The number of rotatable bonds is 6. The van der Waals surface area contributed by atoms with Crippen LogP contribution < -0.4 is 10.9 Å². The first-order valence-electron chi connectivity index (χ1n) is 8.17. The predicted octanol–water partition coefficient (Wildman–Crippen LogP) is 2.70. The smallest absolute Gasteiger partial charge is 0.267 e. The molecule has 1 N–H and O–H groups in total. The Bertz CT molecular complexity index is 952. The average molecular weight is 349 g/mol. The number of carbonyl (C=O) groups excluding carboxylic acids is 1. The fourth-order valence-electron chi connectivity index (χ4n) is 2.57. The number of nitrogens with zero attached hydrogens (tertiary/aromatic N) is 2. The van der Waals surface area contributed by atoms with E-state index < -0.39 is 0 Å². The number of anilines is 1. The van der Waals surface area contributed by atoms with Gasteiger partial charge in [-0.15, -0.1) is 0 Å². The lowest BCUT2D eigenvalue weighted by atomic mass is 10.1. The summed E-state index contributed by atoms with van der Waals surface area (Å²) < 4.78 is 6.30. The van der Waals surface area contributed by atoms with Gasteiger partial charge in [-0.2, -0.15) is 5.10 Å². The third-order valence-corrected chi connectivity index (χ3v) is 3.82. The van der Waals surface area contributed by atoms with E-state index in [0.29, 0.717) is 18.0 Å². The molecule has 1 amide bonds. The van der Waals surface area contributed by atoms with Gasteiger partial charge in [0.1, 0.15) is 6.54 Å². The van der Waals surface area contributed by atoms with Crippen LogP contribution in [0.5, 0.6) is 0 Å². The fourth-order valence-corrected chi connectivity index (χ4v) is 2.57. The lowest BCUT2D eigenvalue weighted by Crippen LogP contribution is -2.29. The number of amides is 1. The number of hydrogen-bond acceptors (Lipinski definition) is 4. The number of ether oxygens (including phenoxy) is 1. The Morgan fingerprint density at radius 2 is 1.77 bits per heavy atom. The molecule has 0 bridgehead atoms. The van der Waals surface area contributed by atoms with Gasteiger partial charge in [-0.3, -0.25) is 9.59 Å². The highest BCUT2D eigenvalue weighted by Gasteiger charge is 2.10. The van der Waals surface area contributed by atoms with Crippen LogP contribution in [0.3, 0.4) is 0 Å². The van der Waals surface area contributed by atoms with Gasteiger partial charge in [0.05, 0.1) is 12.3 Å². The molecule has 6 heteroatoms. The normalized spacial score (nSPS) is 10.5. The van der Waals surface area contributed by atoms with Gasteiger partial charge >= 0.3 is 0 Å². The monoisotopic (exact) mass is 349 g/mol. The van der Waals surface area contributed by atoms with Crippen molar-refractivity contribution in [2.24, 2.45) is 0 Å². The molecule has 0 saturated heterocycles. The number of benzene rings is 2. The summed E-state index contributed by atoms with van der Waals surface area (Å²) >= 11 is 0. The minimum absolute atomic E-state index is 0.166. The van der Waals surface area contributed by atoms with Crippen LogP contribution in [0.2, 0.25) is 0 Å². The largest absolute Gasteiger partial charge is 0.380 e. The summed E-state index contributed by atoms with van der Waals surface area (Å²) in [7, 11) is 1.59. The van der Waals surface area contributed by atoms with E-state index >= 15 is 0 Å². The van der Waals surface area contributed by atoms with Crippen molar-refractivity contribution < 1.29 is 9.53 Å². The molecule has 0 saturated carbocycles. The highest BCUT2D eigenvalue weighted by Crippen LogP contribution is 2.16. The summed E-state index contributed by atoms with van der Waals surface area (Å²) in [6, 6.07) is 19.9. The first-order valence-corrected chi connectivity index (χ1v) is 8.17. The van der Waals surface area contributed by atoms with Crippen molar-refractivity contribution >= 4 is 11.6 Å². The van der Waals surface area contributed by atoms with Crippen LogP contribution in [0.1, 0.15) is 5.56 Å². The Morgan fingerprint density at radius 3 is 2.54 bits per heavy atom. The highest BCUT2D eigenvalue weighted by molar-refractivity contribution is 5.91. The van der Waals surface area contributed by atoms with Gasteiger partial charge < -0.3 is 10.1 Å². The Balaban J connectivity index is 1.79. The van der Waals surface area contributed by atoms with Crippen molar-refractivity contribution in [3.63, 3.8) is 0 Å². The second kappa shape index (κ2) is 8.22. The lowest BCUT2D eigenvalue weighted by molar-refractivity contribution is -0.117. The van der Waals surface area contributed by atoms with E-state index in [9.17, 15) is 9.59 Å². The summed E-state index contributed by atoms with van der Waals surface area (Å²) in [6.07, 6.45) is 0. The molecule has 0 atom stereocenters. The zero-order chi connectivity index (χ0) is 18.4. The molecule has 2 aromatic carbocycles. The average Bonchev–Trinajstić information content (AvgIpc) is 2.66. The summed E-state index contributed by atoms with van der Waals surface area (Å²) in [5, 5.41) is 7.11. The third kappa shape index (κ3) is 4.23. The molecule has 0 aliphatic heterocycles. The van der Waals surface area contributed by atoms with E-state index in [1.165, 1.54) is 6.07 Å². The van der Waals surface area contributed by atoms with Crippen LogP contribution in [0.25, 0.3) is 11.3 Å². The van der Waals surface area contributed by atoms with Gasteiger partial charge in [-0.25, -0.2) is 4.68 Å². The molecule has 0 unspecified atom stereocenters. The molecule has 3 aromatic rings. The molecular formula is C20H19N3O3. The zero-order valence-electron chi connectivity index (χ0n) is 14.4. The van der Waals surface area contributed by atoms with Crippen molar-refractivity contribution in [3.8, 4) is 11.3 Å². The summed E-state index contributed by atoms with van der Waals surface area (Å²) in [4.78, 5) is 24.4. The van der Waals surface area contributed by atoms with Gasteiger partial charge in [0.15, 0.2) is 0 Å². The van der Waals surface area contributed by atoms with Crippen molar-refractivity contribution in [1.82, 2.24) is 9.78 Å². The van der Waals surface area contributed by atoms with E-state index in [4.69, 9.17) is 4.74 Å². The molecule has 132 valence electrons.